The van der Waals surface area contributed by atoms with Gasteiger partial charge < -0.3 is 4.18 Å². The lowest BCUT2D eigenvalue weighted by Crippen LogP contribution is -2.28. The molecule has 0 aliphatic carbocycles. The van der Waals surface area contributed by atoms with Crippen molar-refractivity contribution in [1.82, 2.24) is 0 Å². The summed E-state index contributed by atoms with van der Waals surface area (Å²) in [4.78, 5) is 0. The Morgan fingerprint density at radius 1 is 1.28 bits per heavy atom. The van der Waals surface area contributed by atoms with Crippen molar-refractivity contribution in [1.29, 1.82) is 0 Å². The second-order valence-electron chi connectivity index (χ2n) is 3.82. The first-order chi connectivity index (χ1) is 8.04. The second-order valence-corrected chi connectivity index (χ2v) is 5.77. The number of alkyl halides is 3. The summed E-state index contributed by atoms with van der Waals surface area (Å²) in [6, 6.07) is 3.60. The fourth-order valence-electron chi connectivity index (χ4n) is 1.20. The van der Waals surface area contributed by atoms with E-state index in [1.54, 1.807) is 0 Å². The molecule has 0 aromatic heterocycles. The molecule has 0 unspecified atom stereocenters. The summed E-state index contributed by atoms with van der Waals surface area (Å²) < 4.78 is 61.7. The molecule has 1 aromatic carbocycles. The van der Waals surface area contributed by atoms with E-state index in [-0.39, 0.29) is 10.9 Å². The Balaban J connectivity index is 3.05. The Labute approximate surface area is 108 Å². The van der Waals surface area contributed by atoms with Crippen molar-refractivity contribution in [2.45, 2.75) is 25.3 Å². The maximum absolute atomic E-state index is 12.1. The summed E-state index contributed by atoms with van der Waals surface area (Å²) in [5, 5.41) is 0.153. The normalized spacial score (nSPS) is 12.8. The van der Waals surface area contributed by atoms with Gasteiger partial charge in [-0.1, -0.05) is 31.5 Å². The third-order valence-electron chi connectivity index (χ3n) is 2.08. The lowest BCUT2D eigenvalue weighted by Gasteiger charge is -2.12. The Kier molecular flexibility index (Phi) is 4.17. The van der Waals surface area contributed by atoms with E-state index in [1.807, 2.05) is 13.8 Å². The average molecular weight is 303 g/mol. The van der Waals surface area contributed by atoms with E-state index in [4.69, 9.17) is 11.6 Å². The lowest BCUT2D eigenvalue weighted by atomic mass is 10.0. The molecule has 0 radical (unpaired) electrons. The molecule has 0 heterocycles. The van der Waals surface area contributed by atoms with E-state index >= 15 is 0 Å². The minimum atomic E-state index is -5.66. The predicted octanol–water partition coefficient (Wildman–Crippen LogP) is 3.69. The van der Waals surface area contributed by atoms with Crippen molar-refractivity contribution in [2.24, 2.45) is 0 Å². The van der Waals surface area contributed by atoms with E-state index in [0.29, 0.717) is 5.56 Å². The summed E-state index contributed by atoms with van der Waals surface area (Å²) in [6.07, 6.45) is 0. The van der Waals surface area contributed by atoms with Crippen LogP contribution in [0.4, 0.5) is 13.2 Å². The van der Waals surface area contributed by atoms with Gasteiger partial charge in [-0.2, -0.15) is 21.6 Å². The van der Waals surface area contributed by atoms with Crippen LogP contribution in [-0.2, 0) is 10.1 Å². The van der Waals surface area contributed by atoms with E-state index in [2.05, 4.69) is 4.18 Å². The minimum absolute atomic E-state index is 0.0609. The third-order valence-corrected chi connectivity index (χ3v) is 3.39. The summed E-state index contributed by atoms with van der Waals surface area (Å²) in [5.41, 5.74) is -4.77. The molecule has 0 bridgehead atoms. The highest BCUT2D eigenvalue weighted by atomic mass is 35.5. The van der Waals surface area contributed by atoms with Crippen LogP contribution >= 0.6 is 11.6 Å². The topological polar surface area (TPSA) is 43.4 Å². The standard InChI is InChI=1S/C10H10ClF3O3S/c1-6(2)8-4-3-7(5-9(8)11)17-18(15,16)10(12,13)14/h3-6H,1-2H3. The number of hydrogen-bond donors (Lipinski definition) is 0. The zero-order valence-electron chi connectivity index (χ0n) is 9.45. The summed E-state index contributed by atoms with van der Waals surface area (Å²) in [5.74, 6) is -0.410. The molecule has 0 saturated heterocycles. The van der Waals surface area contributed by atoms with Crippen molar-refractivity contribution in [2.75, 3.05) is 0 Å². The zero-order chi connectivity index (χ0) is 14.1. The SMILES string of the molecule is CC(C)c1ccc(OS(=O)(=O)C(F)(F)F)cc1Cl. The summed E-state index contributed by atoms with van der Waals surface area (Å²) in [6.45, 7) is 3.68. The van der Waals surface area contributed by atoms with E-state index in [1.165, 1.54) is 6.07 Å². The molecular weight excluding hydrogens is 293 g/mol. The van der Waals surface area contributed by atoms with Gasteiger partial charge >= 0.3 is 15.6 Å². The molecule has 0 saturated carbocycles. The van der Waals surface area contributed by atoms with Crippen LogP contribution < -0.4 is 4.18 Å². The van der Waals surface area contributed by atoms with Gasteiger partial charge in [0.25, 0.3) is 0 Å². The maximum atomic E-state index is 12.1. The van der Waals surface area contributed by atoms with Crippen LogP contribution in [0.3, 0.4) is 0 Å². The minimum Gasteiger partial charge on any atom is -0.376 e. The number of hydrogen-bond acceptors (Lipinski definition) is 3. The van der Waals surface area contributed by atoms with E-state index in [9.17, 15) is 21.6 Å². The van der Waals surface area contributed by atoms with Gasteiger partial charge in [0.05, 0.1) is 0 Å². The van der Waals surface area contributed by atoms with Gasteiger partial charge in [0.2, 0.25) is 0 Å². The Morgan fingerprint density at radius 3 is 2.22 bits per heavy atom. The molecule has 3 nitrogen and oxygen atoms in total. The van der Waals surface area contributed by atoms with Gasteiger partial charge in [-0.3, -0.25) is 0 Å². The molecule has 102 valence electrons. The van der Waals surface area contributed by atoms with Gasteiger partial charge in [0.15, 0.2) is 0 Å². The van der Waals surface area contributed by atoms with Crippen LogP contribution in [-0.4, -0.2) is 13.9 Å². The lowest BCUT2D eigenvalue weighted by molar-refractivity contribution is -0.0500. The molecule has 0 atom stereocenters. The molecule has 1 rings (SSSR count). The fourth-order valence-corrected chi connectivity index (χ4v) is 2.04. The van der Waals surface area contributed by atoms with E-state index < -0.39 is 21.4 Å². The average Bonchev–Trinajstić information content (AvgIpc) is 2.14. The summed E-state index contributed by atoms with van der Waals surface area (Å²) in [7, 11) is -5.66. The van der Waals surface area contributed by atoms with Crippen molar-refractivity contribution < 1.29 is 25.8 Å². The highest BCUT2D eigenvalue weighted by Gasteiger charge is 2.48. The molecule has 0 amide bonds. The van der Waals surface area contributed by atoms with Crippen molar-refractivity contribution >= 4 is 21.7 Å². The van der Waals surface area contributed by atoms with Crippen molar-refractivity contribution in [3.05, 3.63) is 28.8 Å². The Bertz CT molecular complexity index is 538. The van der Waals surface area contributed by atoms with Crippen LogP contribution in [0, 0.1) is 0 Å². The van der Waals surface area contributed by atoms with Crippen molar-refractivity contribution in [3.8, 4) is 5.75 Å². The highest BCUT2D eigenvalue weighted by Crippen LogP contribution is 2.31. The Hall–Kier alpha value is -0.950. The van der Waals surface area contributed by atoms with Gasteiger partial charge in [-0.05, 0) is 17.5 Å². The first-order valence-corrected chi connectivity index (χ1v) is 6.63. The third kappa shape index (κ3) is 3.29. The van der Waals surface area contributed by atoms with Crippen LogP contribution in [0.1, 0.15) is 25.3 Å². The van der Waals surface area contributed by atoms with Crippen LogP contribution in [0.5, 0.6) is 5.75 Å². The van der Waals surface area contributed by atoms with Crippen LogP contribution in [0.2, 0.25) is 5.02 Å². The maximum Gasteiger partial charge on any atom is 0.534 e. The molecule has 18 heavy (non-hydrogen) atoms. The number of benzene rings is 1. The Morgan fingerprint density at radius 2 is 1.83 bits per heavy atom. The molecule has 0 fully saturated rings. The van der Waals surface area contributed by atoms with Crippen LogP contribution in [0.15, 0.2) is 18.2 Å². The molecule has 0 spiro atoms. The monoisotopic (exact) mass is 302 g/mol. The highest BCUT2D eigenvalue weighted by molar-refractivity contribution is 7.88. The van der Waals surface area contributed by atoms with Gasteiger partial charge in [0, 0.05) is 11.1 Å². The second kappa shape index (κ2) is 4.97. The van der Waals surface area contributed by atoms with Gasteiger partial charge in [-0.25, -0.2) is 0 Å². The quantitative estimate of drug-likeness (QED) is 0.632. The molecular formula is C10H10ClF3O3S. The zero-order valence-corrected chi connectivity index (χ0v) is 11.0. The first kappa shape index (κ1) is 15.1. The molecule has 8 heteroatoms. The van der Waals surface area contributed by atoms with E-state index in [0.717, 1.165) is 12.1 Å². The van der Waals surface area contributed by atoms with Gasteiger partial charge in [-0.15, -0.1) is 0 Å². The first-order valence-electron chi connectivity index (χ1n) is 4.85. The molecule has 0 aliphatic rings. The number of halogens is 4. The summed E-state index contributed by atoms with van der Waals surface area (Å²) >= 11 is 5.81. The van der Waals surface area contributed by atoms with Crippen LogP contribution in [0.25, 0.3) is 0 Å². The molecule has 0 N–H and O–H groups in total. The number of rotatable bonds is 3. The van der Waals surface area contributed by atoms with Crippen molar-refractivity contribution in [3.63, 3.8) is 0 Å². The largest absolute Gasteiger partial charge is 0.534 e. The van der Waals surface area contributed by atoms with Gasteiger partial charge in [0.1, 0.15) is 5.75 Å². The molecule has 0 aliphatic heterocycles. The smallest absolute Gasteiger partial charge is 0.376 e. The predicted molar refractivity (Wildman–Crippen MR) is 61.1 cm³/mol. The molecule has 1 aromatic rings. The fraction of sp³-hybridized carbons (Fsp3) is 0.400.